The van der Waals surface area contributed by atoms with Crippen molar-refractivity contribution in [3.05, 3.63) is 95.6 Å². The normalized spacial score (nSPS) is 13.2. The van der Waals surface area contributed by atoms with Gasteiger partial charge < -0.3 is 20.1 Å². The lowest BCUT2D eigenvalue weighted by Gasteiger charge is -2.22. The minimum atomic E-state index is -0.446. The van der Waals surface area contributed by atoms with Crippen molar-refractivity contribution in [2.24, 2.45) is 0 Å². The second-order valence-electron chi connectivity index (χ2n) is 7.22. The van der Waals surface area contributed by atoms with E-state index in [-0.39, 0.29) is 18.2 Å². The van der Waals surface area contributed by atoms with Gasteiger partial charge in [0.2, 0.25) is 5.91 Å². The molecule has 0 spiro atoms. The summed E-state index contributed by atoms with van der Waals surface area (Å²) >= 11 is 0. The Morgan fingerprint density at radius 2 is 1.55 bits per heavy atom. The number of para-hydroxylation sites is 1. The molecule has 3 aromatic carbocycles. The lowest BCUT2D eigenvalue weighted by Crippen LogP contribution is -2.33. The molecule has 0 bridgehead atoms. The lowest BCUT2D eigenvalue weighted by atomic mass is 10.0. The van der Waals surface area contributed by atoms with Crippen molar-refractivity contribution >= 4 is 11.8 Å². The van der Waals surface area contributed by atoms with Crippen LogP contribution in [0.3, 0.4) is 0 Å². The number of hydrogen-bond acceptors (Lipinski definition) is 4. The summed E-state index contributed by atoms with van der Waals surface area (Å²) in [7, 11) is 0. The van der Waals surface area contributed by atoms with Crippen LogP contribution in [-0.2, 0) is 11.3 Å². The molecule has 31 heavy (non-hydrogen) atoms. The van der Waals surface area contributed by atoms with Gasteiger partial charge in [-0.15, -0.1) is 0 Å². The molecular weight excluding hydrogens is 392 g/mol. The molecule has 0 aromatic heterocycles. The van der Waals surface area contributed by atoms with Gasteiger partial charge in [-0.3, -0.25) is 9.59 Å². The Morgan fingerprint density at radius 3 is 2.32 bits per heavy atom. The topological polar surface area (TPSA) is 76.7 Å². The Labute approximate surface area is 181 Å². The predicted octanol–water partition coefficient (Wildman–Crippen LogP) is 3.64. The molecule has 1 aliphatic heterocycles. The van der Waals surface area contributed by atoms with Crippen LogP contribution in [0.15, 0.2) is 78.9 Å². The van der Waals surface area contributed by atoms with E-state index in [4.69, 9.17) is 9.47 Å². The van der Waals surface area contributed by atoms with Gasteiger partial charge in [0.25, 0.3) is 5.91 Å². The molecule has 3 aromatic rings. The van der Waals surface area contributed by atoms with Gasteiger partial charge in [-0.05, 0) is 23.8 Å². The van der Waals surface area contributed by atoms with E-state index in [1.807, 2.05) is 66.7 Å². The maximum Gasteiger partial charge on any atom is 0.251 e. The van der Waals surface area contributed by atoms with Crippen LogP contribution in [0.25, 0.3) is 0 Å². The van der Waals surface area contributed by atoms with Crippen molar-refractivity contribution in [1.82, 2.24) is 10.6 Å². The summed E-state index contributed by atoms with van der Waals surface area (Å²) in [5.41, 5.74) is 2.28. The first-order chi connectivity index (χ1) is 15.2. The molecule has 0 radical (unpaired) electrons. The highest BCUT2D eigenvalue weighted by Crippen LogP contribution is 2.33. The molecule has 4 rings (SSSR count). The Hall–Kier alpha value is -3.80. The standard InChI is InChI=1S/C25H24N2O4/c28-23(26-17-20-12-7-13-22-24(20)31-15-14-30-22)16-21(18-8-3-1-4-9-18)27-25(29)19-10-5-2-6-11-19/h1-13,21H,14-17H2,(H,26,28)(H,27,29). The second-order valence-corrected chi connectivity index (χ2v) is 7.22. The SMILES string of the molecule is O=C(CC(NC(=O)c1ccccc1)c1ccccc1)NCc1cccc2c1OCCO2. The zero-order valence-corrected chi connectivity index (χ0v) is 17.0. The summed E-state index contributed by atoms with van der Waals surface area (Å²) in [6.07, 6.45) is 0.120. The number of amides is 2. The Balaban J connectivity index is 1.43. The minimum Gasteiger partial charge on any atom is -0.486 e. The molecule has 1 atom stereocenters. The zero-order chi connectivity index (χ0) is 21.5. The molecule has 1 unspecified atom stereocenters. The van der Waals surface area contributed by atoms with Gasteiger partial charge in [0.1, 0.15) is 13.2 Å². The van der Waals surface area contributed by atoms with Gasteiger partial charge in [0, 0.05) is 17.7 Å². The quantitative estimate of drug-likeness (QED) is 0.617. The van der Waals surface area contributed by atoms with E-state index in [0.717, 1.165) is 11.1 Å². The maximum absolute atomic E-state index is 12.8. The van der Waals surface area contributed by atoms with Gasteiger partial charge in [0.05, 0.1) is 12.5 Å². The van der Waals surface area contributed by atoms with E-state index in [2.05, 4.69) is 10.6 Å². The van der Waals surface area contributed by atoms with Crippen LogP contribution in [0, 0.1) is 0 Å². The van der Waals surface area contributed by atoms with Crippen molar-refractivity contribution in [3.8, 4) is 11.5 Å². The first-order valence-electron chi connectivity index (χ1n) is 10.3. The summed E-state index contributed by atoms with van der Waals surface area (Å²) < 4.78 is 11.3. The summed E-state index contributed by atoms with van der Waals surface area (Å²) in [6.45, 7) is 1.32. The molecule has 1 heterocycles. The molecule has 6 nitrogen and oxygen atoms in total. The third-order valence-electron chi connectivity index (χ3n) is 5.06. The highest BCUT2D eigenvalue weighted by atomic mass is 16.6. The van der Waals surface area contributed by atoms with Crippen molar-refractivity contribution in [3.63, 3.8) is 0 Å². The smallest absolute Gasteiger partial charge is 0.251 e. The highest BCUT2D eigenvalue weighted by Gasteiger charge is 2.20. The van der Waals surface area contributed by atoms with Crippen LogP contribution < -0.4 is 20.1 Å². The van der Waals surface area contributed by atoms with E-state index < -0.39 is 6.04 Å². The van der Waals surface area contributed by atoms with Crippen LogP contribution in [-0.4, -0.2) is 25.0 Å². The molecule has 0 saturated heterocycles. The summed E-state index contributed by atoms with van der Waals surface area (Å²) in [5, 5.41) is 5.92. The Bertz CT molecular complexity index is 1040. The number of nitrogens with one attached hydrogen (secondary N) is 2. The van der Waals surface area contributed by atoms with E-state index in [0.29, 0.717) is 36.8 Å². The van der Waals surface area contributed by atoms with Crippen molar-refractivity contribution in [2.45, 2.75) is 19.0 Å². The lowest BCUT2D eigenvalue weighted by molar-refractivity contribution is -0.121. The molecule has 1 aliphatic rings. The van der Waals surface area contributed by atoms with Crippen molar-refractivity contribution < 1.29 is 19.1 Å². The summed E-state index contributed by atoms with van der Waals surface area (Å²) in [5.74, 6) is 0.975. The first kappa shape index (κ1) is 20.5. The maximum atomic E-state index is 12.8. The largest absolute Gasteiger partial charge is 0.486 e. The zero-order valence-electron chi connectivity index (χ0n) is 17.0. The number of carbonyl (C=O) groups is 2. The molecule has 0 fully saturated rings. The minimum absolute atomic E-state index is 0.120. The van der Waals surface area contributed by atoms with Gasteiger partial charge in [-0.2, -0.15) is 0 Å². The van der Waals surface area contributed by atoms with Crippen molar-refractivity contribution in [2.75, 3.05) is 13.2 Å². The summed E-state index contributed by atoms with van der Waals surface area (Å²) in [4.78, 5) is 25.4. The van der Waals surface area contributed by atoms with Gasteiger partial charge in [0.15, 0.2) is 11.5 Å². The number of rotatable bonds is 7. The monoisotopic (exact) mass is 416 g/mol. The third-order valence-corrected chi connectivity index (χ3v) is 5.06. The van der Waals surface area contributed by atoms with Crippen molar-refractivity contribution in [1.29, 1.82) is 0 Å². The third kappa shape index (κ3) is 5.22. The van der Waals surface area contributed by atoms with Crippen LogP contribution >= 0.6 is 0 Å². The molecule has 0 aliphatic carbocycles. The van der Waals surface area contributed by atoms with E-state index in [1.165, 1.54) is 0 Å². The Morgan fingerprint density at radius 1 is 0.839 bits per heavy atom. The van der Waals surface area contributed by atoms with Crippen LogP contribution in [0.5, 0.6) is 11.5 Å². The molecular formula is C25H24N2O4. The average Bonchev–Trinajstić information content (AvgIpc) is 2.83. The van der Waals surface area contributed by atoms with Gasteiger partial charge in [-0.1, -0.05) is 60.7 Å². The predicted molar refractivity (Wildman–Crippen MR) is 117 cm³/mol. The molecule has 6 heteroatoms. The van der Waals surface area contributed by atoms with Gasteiger partial charge >= 0.3 is 0 Å². The number of benzene rings is 3. The number of fused-ring (bicyclic) bond motifs is 1. The van der Waals surface area contributed by atoms with Gasteiger partial charge in [-0.25, -0.2) is 0 Å². The molecule has 0 saturated carbocycles. The average molecular weight is 416 g/mol. The fourth-order valence-electron chi connectivity index (χ4n) is 3.49. The second kappa shape index (κ2) is 9.80. The molecule has 2 amide bonds. The van der Waals surface area contributed by atoms with E-state index in [9.17, 15) is 9.59 Å². The number of hydrogen-bond donors (Lipinski definition) is 2. The Kier molecular flexibility index (Phi) is 6.47. The van der Waals surface area contributed by atoms with Crippen LogP contribution in [0.4, 0.5) is 0 Å². The van der Waals surface area contributed by atoms with Crippen LogP contribution in [0.2, 0.25) is 0 Å². The fourth-order valence-corrected chi connectivity index (χ4v) is 3.49. The number of ether oxygens (including phenoxy) is 2. The molecule has 2 N–H and O–H groups in total. The first-order valence-corrected chi connectivity index (χ1v) is 10.3. The van der Waals surface area contributed by atoms with Crippen LogP contribution in [0.1, 0.15) is 33.9 Å². The van der Waals surface area contributed by atoms with E-state index >= 15 is 0 Å². The summed E-state index contributed by atoms with van der Waals surface area (Å²) in [6, 6.07) is 23.7. The number of carbonyl (C=O) groups excluding carboxylic acids is 2. The highest BCUT2D eigenvalue weighted by molar-refractivity contribution is 5.94. The molecule has 158 valence electrons. The fraction of sp³-hybridized carbons (Fsp3) is 0.200. The van der Waals surface area contributed by atoms with E-state index in [1.54, 1.807) is 12.1 Å².